The van der Waals surface area contributed by atoms with Gasteiger partial charge in [-0.05, 0) is 43.2 Å². The molecule has 1 N–H and O–H groups in total. The maximum atomic E-state index is 12.7. The number of carbonyl (C=O) groups excluding carboxylic acids is 2. The second-order valence-electron chi connectivity index (χ2n) is 9.42. The first-order valence-electron chi connectivity index (χ1n) is 9.89. The lowest BCUT2D eigenvalue weighted by molar-refractivity contribution is -0.139. The van der Waals surface area contributed by atoms with Crippen molar-refractivity contribution in [3.63, 3.8) is 0 Å². The lowest BCUT2D eigenvalue weighted by atomic mass is 9.65. The molecule has 0 bridgehead atoms. The quantitative estimate of drug-likeness (QED) is 0.539. The monoisotopic (exact) mass is 351 g/mol. The SMILES string of the molecule is CC(C)(C)C(C)(C)CC1CC(=O)N(CCNCCN2CCCC2)C1=O. The second-order valence-corrected chi connectivity index (χ2v) is 9.42. The topological polar surface area (TPSA) is 52.7 Å². The first-order chi connectivity index (χ1) is 11.6. The summed E-state index contributed by atoms with van der Waals surface area (Å²) in [5.41, 5.74) is 0.137. The highest BCUT2D eigenvalue weighted by Gasteiger charge is 2.43. The maximum Gasteiger partial charge on any atom is 0.232 e. The van der Waals surface area contributed by atoms with Crippen LogP contribution in [0, 0.1) is 16.7 Å². The molecule has 1 atom stereocenters. The van der Waals surface area contributed by atoms with E-state index in [-0.39, 0.29) is 28.6 Å². The van der Waals surface area contributed by atoms with E-state index in [4.69, 9.17) is 0 Å². The van der Waals surface area contributed by atoms with Gasteiger partial charge >= 0.3 is 0 Å². The highest BCUT2D eigenvalue weighted by Crippen LogP contribution is 2.44. The van der Waals surface area contributed by atoms with E-state index in [9.17, 15) is 9.59 Å². The molecule has 2 saturated heterocycles. The zero-order valence-corrected chi connectivity index (χ0v) is 16.9. The third-order valence-electron chi connectivity index (χ3n) is 6.44. The number of likely N-dealkylation sites (tertiary alicyclic amines) is 2. The summed E-state index contributed by atoms with van der Waals surface area (Å²) in [6.45, 7) is 16.6. The number of imide groups is 1. The van der Waals surface area contributed by atoms with Gasteiger partial charge in [0, 0.05) is 38.5 Å². The molecule has 1 unspecified atom stereocenters. The first-order valence-corrected chi connectivity index (χ1v) is 9.89. The van der Waals surface area contributed by atoms with Crippen molar-refractivity contribution in [2.45, 2.75) is 60.3 Å². The van der Waals surface area contributed by atoms with Crippen LogP contribution in [-0.4, -0.2) is 60.9 Å². The van der Waals surface area contributed by atoms with Crippen LogP contribution in [0.15, 0.2) is 0 Å². The summed E-state index contributed by atoms with van der Waals surface area (Å²) >= 11 is 0. The van der Waals surface area contributed by atoms with E-state index in [1.165, 1.54) is 30.8 Å². The first kappa shape index (κ1) is 20.4. The average molecular weight is 352 g/mol. The lowest BCUT2D eigenvalue weighted by Gasteiger charge is -2.40. The Labute approximate surface area is 153 Å². The smallest absolute Gasteiger partial charge is 0.232 e. The van der Waals surface area contributed by atoms with Crippen LogP contribution in [0.25, 0.3) is 0 Å². The van der Waals surface area contributed by atoms with Gasteiger partial charge in [0.2, 0.25) is 11.8 Å². The number of amides is 2. The van der Waals surface area contributed by atoms with E-state index < -0.39 is 0 Å². The largest absolute Gasteiger partial charge is 0.314 e. The zero-order chi connectivity index (χ0) is 18.7. The minimum atomic E-state index is -0.147. The molecule has 2 fully saturated rings. The van der Waals surface area contributed by atoms with Crippen LogP contribution < -0.4 is 5.32 Å². The number of rotatable bonds is 8. The number of carbonyl (C=O) groups is 2. The summed E-state index contributed by atoms with van der Waals surface area (Å²) in [6.07, 6.45) is 3.78. The Balaban J connectivity index is 1.74. The van der Waals surface area contributed by atoms with Gasteiger partial charge in [-0.2, -0.15) is 0 Å². The van der Waals surface area contributed by atoms with Crippen molar-refractivity contribution in [1.82, 2.24) is 15.1 Å². The van der Waals surface area contributed by atoms with Crippen molar-refractivity contribution in [3.05, 3.63) is 0 Å². The average Bonchev–Trinajstić information content (AvgIpc) is 3.09. The predicted molar refractivity (Wildman–Crippen MR) is 101 cm³/mol. The van der Waals surface area contributed by atoms with Gasteiger partial charge in [-0.25, -0.2) is 0 Å². The number of nitrogens with one attached hydrogen (secondary N) is 1. The molecule has 0 aliphatic carbocycles. The van der Waals surface area contributed by atoms with Gasteiger partial charge in [-0.1, -0.05) is 34.6 Å². The molecular weight excluding hydrogens is 314 g/mol. The molecule has 0 radical (unpaired) electrons. The highest BCUT2D eigenvalue weighted by molar-refractivity contribution is 6.03. The molecule has 0 aromatic rings. The fourth-order valence-electron chi connectivity index (χ4n) is 3.63. The zero-order valence-electron chi connectivity index (χ0n) is 16.9. The normalized spacial score (nSPS) is 23.1. The van der Waals surface area contributed by atoms with Crippen LogP contribution >= 0.6 is 0 Å². The minimum Gasteiger partial charge on any atom is -0.314 e. The van der Waals surface area contributed by atoms with E-state index in [0.717, 1.165) is 19.5 Å². The molecule has 2 amide bonds. The minimum absolute atomic E-state index is 0.000974. The Bertz CT molecular complexity index is 476. The summed E-state index contributed by atoms with van der Waals surface area (Å²) in [6, 6.07) is 0. The van der Waals surface area contributed by atoms with Crippen molar-refractivity contribution in [3.8, 4) is 0 Å². The molecule has 2 heterocycles. The van der Waals surface area contributed by atoms with Crippen LogP contribution in [0.4, 0.5) is 0 Å². The Morgan fingerprint density at radius 1 is 1.00 bits per heavy atom. The van der Waals surface area contributed by atoms with Crippen LogP contribution in [0.1, 0.15) is 60.3 Å². The van der Waals surface area contributed by atoms with E-state index in [2.05, 4.69) is 44.8 Å². The van der Waals surface area contributed by atoms with Gasteiger partial charge in [-0.15, -0.1) is 0 Å². The van der Waals surface area contributed by atoms with Crippen LogP contribution in [0.5, 0.6) is 0 Å². The fourth-order valence-corrected chi connectivity index (χ4v) is 3.63. The molecule has 5 nitrogen and oxygen atoms in total. The molecule has 0 aromatic heterocycles. The number of hydrogen-bond acceptors (Lipinski definition) is 4. The molecule has 0 aromatic carbocycles. The Morgan fingerprint density at radius 2 is 1.60 bits per heavy atom. The van der Waals surface area contributed by atoms with Gasteiger partial charge in [0.15, 0.2) is 0 Å². The molecule has 25 heavy (non-hydrogen) atoms. The molecular formula is C20H37N3O2. The van der Waals surface area contributed by atoms with Crippen molar-refractivity contribution in [2.24, 2.45) is 16.7 Å². The Hall–Kier alpha value is -0.940. The van der Waals surface area contributed by atoms with Crippen LogP contribution in [0.3, 0.4) is 0 Å². The summed E-state index contributed by atoms with van der Waals surface area (Å²) in [5.74, 6) is -0.115. The summed E-state index contributed by atoms with van der Waals surface area (Å²) in [5, 5.41) is 3.38. The Morgan fingerprint density at radius 3 is 2.20 bits per heavy atom. The standard InChI is InChI=1S/C20H37N3O2/c1-19(2,3)20(4,5)15-16-14-17(24)23(18(16)25)13-9-21-8-12-22-10-6-7-11-22/h16,21H,6-15H2,1-5H3. The molecule has 0 spiro atoms. The molecule has 2 rings (SSSR count). The van der Waals surface area contributed by atoms with Crippen molar-refractivity contribution in [1.29, 1.82) is 0 Å². The molecule has 5 heteroatoms. The van der Waals surface area contributed by atoms with Crippen LogP contribution in [0.2, 0.25) is 0 Å². The van der Waals surface area contributed by atoms with Gasteiger partial charge < -0.3 is 10.2 Å². The fraction of sp³-hybridized carbons (Fsp3) is 0.900. The molecule has 2 aliphatic heterocycles. The van der Waals surface area contributed by atoms with Crippen molar-refractivity contribution in [2.75, 3.05) is 39.3 Å². The van der Waals surface area contributed by atoms with Gasteiger partial charge in [0.1, 0.15) is 0 Å². The third-order valence-corrected chi connectivity index (χ3v) is 6.44. The van der Waals surface area contributed by atoms with E-state index in [1.54, 1.807) is 0 Å². The van der Waals surface area contributed by atoms with Gasteiger partial charge in [0.05, 0.1) is 0 Å². The Kier molecular flexibility index (Phi) is 6.66. The lowest BCUT2D eigenvalue weighted by Crippen LogP contribution is -2.39. The predicted octanol–water partition coefficient (Wildman–Crippen LogP) is 2.51. The second kappa shape index (κ2) is 8.17. The summed E-state index contributed by atoms with van der Waals surface area (Å²) in [7, 11) is 0. The van der Waals surface area contributed by atoms with Crippen molar-refractivity contribution >= 4 is 11.8 Å². The number of nitrogens with zero attached hydrogens (tertiary/aromatic N) is 2. The van der Waals surface area contributed by atoms with Gasteiger partial charge in [-0.3, -0.25) is 14.5 Å². The molecule has 144 valence electrons. The van der Waals surface area contributed by atoms with Gasteiger partial charge in [0.25, 0.3) is 0 Å². The van der Waals surface area contributed by atoms with Crippen LogP contribution in [-0.2, 0) is 9.59 Å². The van der Waals surface area contributed by atoms with E-state index in [1.807, 2.05) is 0 Å². The maximum absolute atomic E-state index is 12.7. The van der Waals surface area contributed by atoms with Crippen molar-refractivity contribution < 1.29 is 9.59 Å². The number of hydrogen-bond donors (Lipinski definition) is 1. The highest BCUT2D eigenvalue weighted by atomic mass is 16.2. The summed E-state index contributed by atoms with van der Waals surface area (Å²) in [4.78, 5) is 28.9. The molecule has 0 saturated carbocycles. The molecule has 2 aliphatic rings. The van der Waals surface area contributed by atoms with E-state index >= 15 is 0 Å². The van der Waals surface area contributed by atoms with E-state index in [0.29, 0.717) is 19.5 Å². The third kappa shape index (κ3) is 5.27. The summed E-state index contributed by atoms with van der Waals surface area (Å²) < 4.78 is 0.